The number of nitrogen functional groups attached to an aromatic ring is 1. The topological polar surface area (TPSA) is 85.2 Å². The van der Waals surface area contributed by atoms with Crippen LogP contribution in [0.15, 0.2) is 53.1 Å². The fourth-order valence-electron chi connectivity index (χ4n) is 1.87. The predicted octanol–water partition coefficient (Wildman–Crippen LogP) is 2.62. The summed E-state index contributed by atoms with van der Waals surface area (Å²) in [7, 11) is 0. The molecule has 0 radical (unpaired) electrons. The first-order valence-electron chi connectivity index (χ1n) is 6.17. The zero-order chi connectivity index (χ0) is 13.9. The van der Waals surface area contributed by atoms with E-state index in [9.17, 15) is 5.11 Å². The summed E-state index contributed by atoms with van der Waals surface area (Å²) in [4.78, 5) is 4.35. The summed E-state index contributed by atoms with van der Waals surface area (Å²) < 4.78 is 5.24. The van der Waals surface area contributed by atoms with Gasteiger partial charge in [0.2, 0.25) is 0 Å². The van der Waals surface area contributed by atoms with Gasteiger partial charge in [-0.3, -0.25) is 0 Å². The predicted molar refractivity (Wildman–Crippen MR) is 75.1 cm³/mol. The number of nitrogens with two attached hydrogens (primary N) is 1. The number of benzene rings is 2. The molecule has 0 bridgehead atoms. The van der Waals surface area contributed by atoms with Gasteiger partial charge >= 0.3 is 0 Å². The smallest absolute Gasteiger partial charge is 0.257 e. The highest BCUT2D eigenvalue weighted by molar-refractivity contribution is 5.56. The Bertz CT molecular complexity index is 703. The molecule has 0 aliphatic heterocycles. The average molecular weight is 267 g/mol. The van der Waals surface area contributed by atoms with Crippen LogP contribution in [0, 0.1) is 0 Å². The summed E-state index contributed by atoms with van der Waals surface area (Å²) in [6.07, 6.45) is 0.554. The van der Waals surface area contributed by atoms with E-state index in [4.69, 9.17) is 10.3 Å². The molecule has 5 heteroatoms. The van der Waals surface area contributed by atoms with Gasteiger partial charge in [0.25, 0.3) is 5.89 Å². The third-order valence-corrected chi connectivity index (χ3v) is 2.92. The summed E-state index contributed by atoms with van der Waals surface area (Å²) >= 11 is 0. The normalized spacial score (nSPS) is 10.6. The van der Waals surface area contributed by atoms with E-state index < -0.39 is 0 Å². The van der Waals surface area contributed by atoms with E-state index in [2.05, 4.69) is 10.1 Å². The Morgan fingerprint density at radius 2 is 1.70 bits per heavy atom. The van der Waals surface area contributed by atoms with Crippen molar-refractivity contribution < 1.29 is 9.63 Å². The van der Waals surface area contributed by atoms with E-state index in [1.807, 2.05) is 24.3 Å². The van der Waals surface area contributed by atoms with Gasteiger partial charge in [-0.05, 0) is 42.0 Å². The van der Waals surface area contributed by atoms with Crippen molar-refractivity contribution in [2.75, 3.05) is 5.73 Å². The molecule has 100 valence electrons. The van der Waals surface area contributed by atoms with E-state index in [0.29, 0.717) is 23.8 Å². The van der Waals surface area contributed by atoms with Gasteiger partial charge in [0.1, 0.15) is 5.75 Å². The van der Waals surface area contributed by atoms with Crippen LogP contribution in [0.4, 0.5) is 5.69 Å². The average Bonchev–Trinajstić information content (AvgIpc) is 2.91. The van der Waals surface area contributed by atoms with Gasteiger partial charge in [-0.2, -0.15) is 4.98 Å². The van der Waals surface area contributed by atoms with Gasteiger partial charge in [-0.15, -0.1) is 0 Å². The Kier molecular flexibility index (Phi) is 3.09. The van der Waals surface area contributed by atoms with E-state index in [-0.39, 0.29) is 5.75 Å². The van der Waals surface area contributed by atoms with Gasteiger partial charge < -0.3 is 15.4 Å². The molecule has 3 rings (SSSR count). The first-order chi connectivity index (χ1) is 9.70. The maximum atomic E-state index is 9.24. The number of rotatable bonds is 3. The van der Waals surface area contributed by atoms with Crippen LogP contribution < -0.4 is 5.73 Å². The van der Waals surface area contributed by atoms with Gasteiger partial charge in [-0.25, -0.2) is 0 Å². The van der Waals surface area contributed by atoms with Crippen LogP contribution in [-0.2, 0) is 6.42 Å². The van der Waals surface area contributed by atoms with E-state index in [1.54, 1.807) is 24.3 Å². The van der Waals surface area contributed by atoms with Crippen LogP contribution in [0.5, 0.6) is 5.75 Å². The van der Waals surface area contributed by atoms with Crippen LogP contribution in [0.1, 0.15) is 11.4 Å². The quantitative estimate of drug-likeness (QED) is 0.712. The fourth-order valence-corrected chi connectivity index (χ4v) is 1.87. The molecule has 0 atom stereocenters. The molecule has 0 saturated heterocycles. The minimum atomic E-state index is 0.240. The Labute approximate surface area is 115 Å². The highest BCUT2D eigenvalue weighted by Gasteiger charge is 2.09. The van der Waals surface area contributed by atoms with Crippen molar-refractivity contribution in [3.63, 3.8) is 0 Å². The highest BCUT2D eigenvalue weighted by atomic mass is 16.5. The maximum absolute atomic E-state index is 9.24. The highest BCUT2D eigenvalue weighted by Crippen LogP contribution is 2.19. The molecule has 1 heterocycles. The SMILES string of the molecule is Nc1ccc(-c2nc(Cc3ccc(O)cc3)no2)cc1. The second-order valence-corrected chi connectivity index (χ2v) is 4.48. The molecule has 0 fully saturated rings. The number of phenols is 1. The zero-order valence-electron chi connectivity index (χ0n) is 10.7. The molecular weight excluding hydrogens is 254 g/mol. The van der Waals surface area contributed by atoms with Crippen LogP contribution >= 0.6 is 0 Å². The first kappa shape index (κ1) is 12.2. The number of aromatic hydroxyl groups is 1. The van der Waals surface area contributed by atoms with Crippen molar-refractivity contribution in [3.05, 3.63) is 59.9 Å². The summed E-state index contributed by atoms with van der Waals surface area (Å²) in [5.74, 6) is 1.31. The van der Waals surface area contributed by atoms with E-state index in [0.717, 1.165) is 11.1 Å². The van der Waals surface area contributed by atoms with Crippen LogP contribution in [0.3, 0.4) is 0 Å². The van der Waals surface area contributed by atoms with Crippen molar-refractivity contribution in [2.24, 2.45) is 0 Å². The van der Waals surface area contributed by atoms with Gasteiger partial charge in [-0.1, -0.05) is 17.3 Å². The fraction of sp³-hybridized carbons (Fsp3) is 0.0667. The molecular formula is C15H13N3O2. The van der Waals surface area contributed by atoms with Crippen LogP contribution in [0.25, 0.3) is 11.5 Å². The minimum Gasteiger partial charge on any atom is -0.508 e. The first-order valence-corrected chi connectivity index (χ1v) is 6.17. The molecule has 5 nitrogen and oxygen atoms in total. The third kappa shape index (κ3) is 2.61. The lowest BCUT2D eigenvalue weighted by molar-refractivity contribution is 0.424. The number of nitrogens with zero attached hydrogens (tertiary/aromatic N) is 2. The summed E-state index contributed by atoms with van der Waals surface area (Å²) in [5.41, 5.74) is 8.17. The van der Waals surface area contributed by atoms with Crippen molar-refractivity contribution in [2.45, 2.75) is 6.42 Å². The Morgan fingerprint density at radius 1 is 1.00 bits per heavy atom. The Balaban J connectivity index is 1.80. The van der Waals surface area contributed by atoms with Crippen LogP contribution in [0.2, 0.25) is 0 Å². The maximum Gasteiger partial charge on any atom is 0.257 e. The molecule has 0 unspecified atom stereocenters. The largest absolute Gasteiger partial charge is 0.508 e. The number of hydrogen-bond acceptors (Lipinski definition) is 5. The van der Waals surface area contributed by atoms with E-state index in [1.165, 1.54) is 0 Å². The summed E-state index contributed by atoms with van der Waals surface area (Å²) in [6.45, 7) is 0. The molecule has 1 aromatic heterocycles. The lowest BCUT2D eigenvalue weighted by atomic mass is 10.1. The van der Waals surface area contributed by atoms with Crippen molar-refractivity contribution in [1.29, 1.82) is 0 Å². The van der Waals surface area contributed by atoms with Crippen molar-refractivity contribution >= 4 is 5.69 Å². The molecule has 0 spiro atoms. The molecule has 0 saturated carbocycles. The molecule has 0 amide bonds. The molecule has 20 heavy (non-hydrogen) atoms. The minimum absolute atomic E-state index is 0.240. The number of phenolic OH excluding ortho intramolecular Hbond substituents is 1. The number of hydrogen-bond donors (Lipinski definition) is 2. The lowest BCUT2D eigenvalue weighted by Gasteiger charge is -1.96. The van der Waals surface area contributed by atoms with Gasteiger partial charge in [0, 0.05) is 17.7 Å². The van der Waals surface area contributed by atoms with Crippen LogP contribution in [-0.4, -0.2) is 15.2 Å². The molecule has 0 aliphatic carbocycles. The standard InChI is InChI=1S/C15H13N3O2/c16-12-5-3-11(4-6-12)15-17-14(18-20-15)9-10-1-7-13(19)8-2-10/h1-8,19H,9,16H2. The van der Waals surface area contributed by atoms with E-state index >= 15 is 0 Å². The monoisotopic (exact) mass is 267 g/mol. The molecule has 3 aromatic rings. The Hall–Kier alpha value is -2.82. The second kappa shape index (κ2) is 5.05. The zero-order valence-corrected chi connectivity index (χ0v) is 10.7. The third-order valence-electron chi connectivity index (χ3n) is 2.92. The second-order valence-electron chi connectivity index (χ2n) is 4.48. The Morgan fingerprint density at radius 3 is 2.40 bits per heavy atom. The van der Waals surface area contributed by atoms with Gasteiger partial charge in [0.15, 0.2) is 5.82 Å². The van der Waals surface area contributed by atoms with Crippen molar-refractivity contribution in [1.82, 2.24) is 10.1 Å². The molecule has 3 N–H and O–H groups in total. The molecule has 0 aliphatic rings. The summed E-state index contributed by atoms with van der Waals surface area (Å²) in [6, 6.07) is 14.2. The number of anilines is 1. The van der Waals surface area contributed by atoms with Gasteiger partial charge in [0.05, 0.1) is 0 Å². The lowest BCUT2D eigenvalue weighted by Crippen LogP contribution is -1.90. The summed E-state index contributed by atoms with van der Waals surface area (Å²) in [5, 5.41) is 13.2. The molecule has 2 aromatic carbocycles. The number of aromatic nitrogens is 2. The van der Waals surface area contributed by atoms with Crippen molar-refractivity contribution in [3.8, 4) is 17.2 Å².